The average Bonchev–Trinajstić information content (AvgIpc) is 1.80. The number of pyridine rings is 4. The van der Waals surface area contributed by atoms with E-state index in [1.807, 2.05) is 36.2 Å². The molecule has 2 N–H and O–H groups in total. The predicted octanol–water partition coefficient (Wildman–Crippen LogP) is 11.5. The Bertz CT molecular complexity index is 3800. The maximum atomic E-state index is 13.7. The number of sulfonamides is 2. The summed E-state index contributed by atoms with van der Waals surface area (Å²) in [6.07, 6.45) is 25.3. The molecule has 8 heterocycles. The summed E-state index contributed by atoms with van der Waals surface area (Å²) < 4.78 is 72.5. The van der Waals surface area contributed by atoms with Crippen molar-refractivity contribution in [3.63, 3.8) is 0 Å². The van der Waals surface area contributed by atoms with Gasteiger partial charge in [0.05, 0.1) is 24.3 Å². The summed E-state index contributed by atoms with van der Waals surface area (Å²) >= 11 is 6.36. The number of ether oxygens (including phenoxy) is 2. The summed E-state index contributed by atoms with van der Waals surface area (Å²) in [6, 6.07) is 19.5. The summed E-state index contributed by atoms with van der Waals surface area (Å²) in [5, 5.41) is 8.50. The average molecular weight is 1300 g/mol. The number of halogens is 1. The van der Waals surface area contributed by atoms with Gasteiger partial charge in [-0.05, 0) is 231 Å². The largest absolute Gasteiger partial charge is 0.477 e. The molecule has 0 spiro atoms. The minimum Gasteiger partial charge on any atom is -0.477 e. The van der Waals surface area contributed by atoms with Crippen molar-refractivity contribution in [2.75, 3.05) is 61.6 Å². The third kappa shape index (κ3) is 16.0. The zero-order chi connectivity index (χ0) is 63.8. The smallest absolute Gasteiger partial charge is 0.281 e. The molecule has 4 bridgehead atoms. The molecule has 21 nitrogen and oxygen atoms in total. The zero-order valence-corrected chi connectivity index (χ0v) is 55.7. The Morgan fingerprint density at radius 3 is 1.98 bits per heavy atom. The molecule has 2 amide bonds. The first-order valence-corrected chi connectivity index (χ1v) is 36.2. The second-order valence-corrected chi connectivity index (χ2v) is 31.7. The van der Waals surface area contributed by atoms with E-state index in [1.54, 1.807) is 59.4 Å². The number of carbonyl (C=O) groups is 2. The van der Waals surface area contributed by atoms with E-state index in [1.165, 1.54) is 93.5 Å². The topological polar surface area (TPSA) is 242 Å². The van der Waals surface area contributed by atoms with Crippen molar-refractivity contribution in [1.82, 2.24) is 48.9 Å². The van der Waals surface area contributed by atoms with Crippen LogP contribution in [0.2, 0.25) is 5.15 Å². The fraction of sp³-hybridized carbons (Fsp3) is 0.582. The van der Waals surface area contributed by atoms with Gasteiger partial charge in [0.15, 0.2) is 21.7 Å². The number of rotatable bonds is 22. The minimum atomic E-state index is -4.26. The number of fused-ring (bicyclic) bond motifs is 6. The quantitative estimate of drug-likeness (QED) is 0.0600. The Morgan fingerprint density at radius 2 is 1.37 bits per heavy atom. The van der Waals surface area contributed by atoms with Crippen molar-refractivity contribution < 1.29 is 35.9 Å². The number of aromatic nitrogens is 8. The second kappa shape index (κ2) is 26.6. The highest BCUT2D eigenvalue weighted by atomic mass is 35.5. The molecule has 5 aliphatic carbocycles. The first-order chi connectivity index (χ1) is 43.5. The molecule has 6 fully saturated rings. The molecule has 488 valence electrons. The molecule has 6 aromatic rings. The van der Waals surface area contributed by atoms with Crippen LogP contribution in [0, 0.1) is 52.8 Å². The van der Waals surface area contributed by atoms with Gasteiger partial charge in [-0.3, -0.25) is 9.59 Å². The van der Waals surface area contributed by atoms with Crippen molar-refractivity contribution in [2.24, 2.45) is 52.8 Å². The van der Waals surface area contributed by atoms with Crippen LogP contribution >= 0.6 is 11.6 Å². The van der Waals surface area contributed by atoms with Crippen LogP contribution < -0.4 is 33.6 Å². The molecule has 2 atom stereocenters. The number of nitrogens with zero attached hydrogens (tertiary/aromatic N) is 11. The molecule has 0 aromatic carbocycles. The number of hydrogen-bond donors (Lipinski definition) is 2. The number of nitrogens with one attached hydrogen (secondary N) is 2. The number of anilines is 3. The predicted molar refractivity (Wildman–Crippen MR) is 349 cm³/mol. The number of hydrogen-bond acceptors (Lipinski definition) is 17. The SMILES string of the molecule is CN(CCCC1CCC(C)(C)C1)c1cccc(S(=O)(=O)NC(=O)c2ccc(-n3ccc(OCCC(C4CC4)C4CC4)n3)nc2Cl)n1.CN1CCCC2CN(c3nc(-n4ccc(OCCC(C5CC5)C5CC5)n4)ccc3C(=O)NS(=O)(=O)c3cccc1n3)C(C)(C)C2. The van der Waals surface area contributed by atoms with Gasteiger partial charge >= 0.3 is 0 Å². The maximum Gasteiger partial charge on any atom is 0.281 e. The van der Waals surface area contributed by atoms with Crippen LogP contribution in [0.3, 0.4) is 0 Å². The lowest BCUT2D eigenvalue weighted by Gasteiger charge is -2.34. The summed E-state index contributed by atoms with van der Waals surface area (Å²) in [6.45, 7) is 12.5. The van der Waals surface area contributed by atoms with Crippen molar-refractivity contribution in [2.45, 2.75) is 159 Å². The van der Waals surface area contributed by atoms with Crippen LogP contribution in [0.15, 0.2) is 95.2 Å². The summed E-state index contributed by atoms with van der Waals surface area (Å²) in [5.41, 5.74) is 0.248. The van der Waals surface area contributed by atoms with Gasteiger partial charge in [0.25, 0.3) is 31.9 Å². The van der Waals surface area contributed by atoms with Gasteiger partial charge in [-0.15, -0.1) is 10.2 Å². The van der Waals surface area contributed by atoms with Crippen LogP contribution in [-0.2, 0) is 20.0 Å². The lowest BCUT2D eigenvalue weighted by atomic mass is 9.89. The number of amides is 2. The van der Waals surface area contributed by atoms with Gasteiger partial charge in [0.2, 0.25) is 11.8 Å². The maximum absolute atomic E-state index is 13.7. The van der Waals surface area contributed by atoms with E-state index < -0.39 is 31.9 Å². The molecule has 13 rings (SSSR count). The third-order valence-corrected chi connectivity index (χ3v) is 22.5. The van der Waals surface area contributed by atoms with Crippen molar-refractivity contribution in [3.05, 3.63) is 101 Å². The van der Waals surface area contributed by atoms with E-state index in [0.717, 1.165) is 99.5 Å². The van der Waals surface area contributed by atoms with Crippen LogP contribution in [0.5, 0.6) is 11.8 Å². The Morgan fingerprint density at radius 1 is 0.758 bits per heavy atom. The molecule has 7 aliphatic rings. The van der Waals surface area contributed by atoms with Crippen LogP contribution in [0.25, 0.3) is 11.6 Å². The van der Waals surface area contributed by atoms with Gasteiger partial charge in [-0.25, -0.2) is 38.7 Å². The van der Waals surface area contributed by atoms with E-state index in [9.17, 15) is 26.4 Å². The molecule has 0 radical (unpaired) electrons. The van der Waals surface area contributed by atoms with E-state index in [4.69, 9.17) is 26.1 Å². The Labute approximate surface area is 540 Å². The highest BCUT2D eigenvalue weighted by Crippen LogP contribution is 2.52. The molecule has 91 heavy (non-hydrogen) atoms. The molecular formula is C67H88ClN13O8S2. The summed E-state index contributed by atoms with van der Waals surface area (Å²) in [5.74, 6) is 8.04. The Kier molecular flexibility index (Phi) is 18.8. The highest BCUT2D eigenvalue weighted by molar-refractivity contribution is 7.90. The fourth-order valence-corrected chi connectivity index (χ4v) is 16.4. The first-order valence-electron chi connectivity index (χ1n) is 32.9. The zero-order valence-electron chi connectivity index (χ0n) is 53.3. The molecule has 24 heteroatoms. The summed E-state index contributed by atoms with van der Waals surface area (Å²) in [7, 11) is -4.69. The lowest BCUT2D eigenvalue weighted by Crippen LogP contribution is -2.41. The van der Waals surface area contributed by atoms with Gasteiger partial charge in [0.1, 0.15) is 22.6 Å². The van der Waals surface area contributed by atoms with Gasteiger partial charge in [-0.2, -0.15) is 16.8 Å². The second-order valence-electron chi connectivity index (χ2n) is 28.1. The molecular weight excluding hydrogens is 1210 g/mol. The monoisotopic (exact) mass is 1300 g/mol. The molecule has 5 saturated carbocycles. The van der Waals surface area contributed by atoms with Crippen molar-refractivity contribution in [1.29, 1.82) is 0 Å². The Hall–Kier alpha value is -6.85. The van der Waals surface area contributed by atoms with E-state index in [2.05, 4.69) is 67.2 Å². The van der Waals surface area contributed by atoms with Gasteiger partial charge < -0.3 is 24.2 Å². The van der Waals surface area contributed by atoms with E-state index in [0.29, 0.717) is 71.9 Å². The standard InChI is InChI=1S/C34H45ClN6O4S.C33H43N7O4S/c1-34(2)18-15-23(22-34)6-5-19-40(3)28-7-4-8-31(36-28)46(43,44)39-33(42)27-13-14-29(37-32(27)35)41-20-16-30(38-41)45-21-17-26(24-9-10-24)25-11-12-25;1-33(2)20-22-6-5-17-38(3)27-7-4-8-30(34-27)45(42,43)37-32(41)26-13-14-28(35-31(26)39(33)21-22)40-18-15-29(36-40)44-19-16-25(23-9-10-23)24-11-12-24/h4,7-8,13-14,16,20,23-26H,5-6,9-12,15,17-19,21-22H2,1-3H3,(H,39,42);4,7-8,13-15,18,22-25H,5-6,9-12,16-17,19-21H2,1-3H3,(H,37,41). The third-order valence-electron chi connectivity index (χ3n) is 19.8. The highest BCUT2D eigenvalue weighted by Gasteiger charge is 2.44. The van der Waals surface area contributed by atoms with Gasteiger partial charge in [-0.1, -0.05) is 37.6 Å². The Balaban J connectivity index is 0.000000176. The number of carbonyl (C=O) groups excluding carboxylic acids is 2. The van der Waals surface area contributed by atoms with Crippen LogP contribution in [0.4, 0.5) is 17.5 Å². The molecule has 2 aliphatic heterocycles. The normalized spacial score (nSPS) is 21.1. The first kappa shape index (κ1) is 64.3. The molecule has 1 saturated heterocycles. The van der Waals surface area contributed by atoms with Crippen LogP contribution in [0.1, 0.15) is 164 Å². The van der Waals surface area contributed by atoms with Gasteiger partial charge in [0, 0.05) is 63.8 Å². The van der Waals surface area contributed by atoms with E-state index >= 15 is 0 Å². The molecule has 6 aromatic heterocycles. The lowest BCUT2D eigenvalue weighted by molar-refractivity contribution is 0.0972. The van der Waals surface area contributed by atoms with Crippen molar-refractivity contribution >= 4 is 60.9 Å². The summed E-state index contributed by atoms with van der Waals surface area (Å²) in [4.78, 5) is 50.7. The van der Waals surface area contributed by atoms with Crippen molar-refractivity contribution in [3.8, 4) is 23.4 Å². The fourth-order valence-electron chi connectivity index (χ4n) is 14.3. The minimum absolute atomic E-state index is 0.0767. The van der Waals surface area contributed by atoms with Crippen LogP contribution in [-0.4, -0.2) is 121 Å². The molecule has 2 unspecified atom stereocenters. The van der Waals surface area contributed by atoms with E-state index in [-0.39, 0.29) is 31.9 Å².